The van der Waals surface area contributed by atoms with Gasteiger partial charge in [-0.25, -0.2) is 4.98 Å². The maximum absolute atomic E-state index is 5.97. The third-order valence-corrected chi connectivity index (χ3v) is 5.65. The number of nitrogens with one attached hydrogen (secondary N) is 2. The molecule has 2 aromatic heterocycles. The van der Waals surface area contributed by atoms with Crippen LogP contribution in [0.3, 0.4) is 0 Å². The van der Waals surface area contributed by atoms with Crippen molar-refractivity contribution in [3.8, 4) is 5.88 Å². The van der Waals surface area contributed by atoms with Gasteiger partial charge < -0.3 is 19.8 Å². The Morgan fingerprint density at radius 3 is 2.64 bits per heavy atom. The molecule has 1 fully saturated rings. The molecule has 1 atom stereocenters. The Hall–Kier alpha value is -2.59. The zero-order valence-corrected chi connectivity index (χ0v) is 21.3. The van der Waals surface area contributed by atoms with Gasteiger partial charge >= 0.3 is 0 Å². The van der Waals surface area contributed by atoms with Crippen molar-refractivity contribution in [2.45, 2.75) is 32.0 Å². The number of guanidine groups is 1. The van der Waals surface area contributed by atoms with E-state index < -0.39 is 0 Å². The normalized spacial score (nSPS) is 15.0. The average molecular weight is 561 g/mol. The van der Waals surface area contributed by atoms with Crippen molar-refractivity contribution in [2.24, 2.45) is 4.99 Å². The molecule has 3 heterocycles. The van der Waals surface area contributed by atoms with Crippen molar-refractivity contribution >= 4 is 29.9 Å². The predicted molar refractivity (Wildman–Crippen MR) is 141 cm³/mol. The van der Waals surface area contributed by atoms with E-state index in [-0.39, 0.29) is 30.0 Å². The number of halogens is 1. The van der Waals surface area contributed by atoms with Crippen LogP contribution in [-0.4, -0.2) is 42.5 Å². The van der Waals surface area contributed by atoms with E-state index in [1.807, 2.05) is 54.6 Å². The highest BCUT2D eigenvalue weighted by Gasteiger charge is 2.25. The Morgan fingerprint density at radius 2 is 1.91 bits per heavy atom. The zero-order valence-electron chi connectivity index (χ0n) is 18.9. The minimum Gasteiger partial charge on any atom is -0.473 e. The van der Waals surface area contributed by atoms with Crippen molar-refractivity contribution in [3.63, 3.8) is 0 Å². The minimum absolute atomic E-state index is 0. The molecule has 8 heteroatoms. The average Bonchev–Trinajstić information content (AvgIpc) is 3.56. The lowest BCUT2D eigenvalue weighted by Crippen LogP contribution is -2.42. The highest BCUT2D eigenvalue weighted by Crippen LogP contribution is 2.24. The number of likely N-dealkylation sites (tertiary alicyclic amines) is 1. The molecule has 1 aromatic carbocycles. The van der Waals surface area contributed by atoms with Crippen molar-refractivity contribution in [3.05, 3.63) is 83.9 Å². The Bertz CT molecular complexity index is 975. The van der Waals surface area contributed by atoms with E-state index in [1.165, 1.54) is 12.8 Å². The highest BCUT2D eigenvalue weighted by atomic mass is 127. The van der Waals surface area contributed by atoms with E-state index >= 15 is 0 Å². The zero-order chi connectivity index (χ0) is 22.0. The lowest BCUT2D eigenvalue weighted by Gasteiger charge is -2.26. The Morgan fingerprint density at radius 1 is 1.09 bits per heavy atom. The first-order chi connectivity index (χ1) is 15.8. The summed E-state index contributed by atoms with van der Waals surface area (Å²) in [6.45, 7) is 3.95. The molecule has 7 nitrogen and oxygen atoms in total. The lowest BCUT2D eigenvalue weighted by atomic mass is 10.2. The Labute approximate surface area is 212 Å². The third-order valence-electron chi connectivity index (χ3n) is 5.65. The first-order valence-electron chi connectivity index (χ1n) is 11.2. The number of benzene rings is 1. The molecule has 0 radical (unpaired) electrons. The van der Waals surface area contributed by atoms with Crippen LogP contribution in [0.25, 0.3) is 0 Å². The van der Waals surface area contributed by atoms with Crippen molar-refractivity contribution in [2.75, 3.05) is 26.7 Å². The molecule has 0 saturated carbocycles. The summed E-state index contributed by atoms with van der Waals surface area (Å²) in [7, 11) is 1.78. The van der Waals surface area contributed by atoms with Gasteiger partial charge in [0.15, 0.2) is 5.96 Å². The largest absolute Gasteiger partial charge is 0.473 e. The summed E-state index contributed by atoms with van der Waals surface area (Å²) in [6.07, 6.45) is 5.96. The molecule has 0 aliphatic carbocycles. The van der Waals surface area contributed by atoms with Crippen LogP contribution in [0.1, 0.15) is 35.8 Å². The molecule has 4 rings (SSSR count). The van der Waals surface area contributed by atoms with Gasteiger partial charge in [0.25, 0.3) is 0 Å². The maximum atomic E-state index is 5.97. The molecule has 1 saturated heterocycles. The second-order valence-electron chi connectivity index (χ2n) is 7.82. The van der Waals surface area contributed by atoms with E-state index in [0.29, 0.717) is 19.0 Å². The number of rotatable bonds is 9. The molecule has 1 aliphatic rings. The summed E-state index contributed by atoms with van der Waals surface area (Å²) >= 11 is 0. The van der Waals surface area contributed by atoms with Crippen LogP contribution in [0.5, 0.6) is 5.88 Å². The van der Waals surface area contributed by atoms with Gasteiger partial charge in [-0.1, -0.05) is 36.4 Å². The van der Waals surface area contributed by atoms with Crippen LogP contribution in [-0.2, 0) is 13.2 Å². The number of aromatic nitrogens is 1. The molecule has 1 unspecified atom stereocenters. The Kier molecular flexibility index (Phi) is 10.0. The number of nitrogens with zero attached hydrogens (tertiary/aromatic N) is 3. The number of hydrogen-bond donors (Lipinski definition) is 2. The van der Waals surface area contributed by atoms with Crippen LogP contribution in [0.2, 0.25) is 0 Å². The fraction of sp³-hybridized carbons (Fsp3) is 0.360. The number of furan rings is 1. The summed E-state index contributed by atoms with van der Waals surface area (Å²) in [5.74, 6) is 2.35. The molecule has 2 N–H and O–H groups in total. The maximum Gasteiger partial charge on any atom is 0.218 e. The Balaban J connectivity index is 0.00000306. The van der Waals surface area contributed by atoms with Gasteiger partial charge in [0.05, 0.1) is 12.3 Å². The van der Waals surface area contributed by atoms with Gasteiger partial charge in [-0.05, 0) is 49.7 Å². The molecule has 33 heavy (non-hydrogen) atoms. The number of ether oxygens (including phenoxy) is 1. The molecular formula is C25H32IN5O2. The van der Waals surface area contributed by atoms with Gasteiger partial charge in [0.1, 0.15) is 12.4 Å². The molecule has 0 amide bonds. The number of pyridine rings is 1. The summed E-state index contributed by atoms with van der Waals surface area (Å²) in [4.78, 5) is 11.3. The number of hydrogen-bond acceptors (Lipinski definition) is 5. The van der Waals surface area contributed by atoms with Crippen LogP contribution in [0, 0.1) is 0 Å². The van der Waals surface area contributed by atoms with Crippen LogP contribution in [0.15, 0.2) is 76.5 Å². The van der Waals surface area contributed by atoms with Crippen LogP contribution < -0.4 is 15.4 Å². The highest BCUT2D eigenvalue weighted by molar-refractivity contribution is 14.0. The smallest absolute Gasteiger partial charge is 0.218 e. The molecular weight excluding hydrogens is 529 g/mol. The second kappa shape index (κ2) is 13.2. The standard InChI is InChI=1S/C25H31N5O2.HI/c1-26-25(29-18-22(23-12-8-16-31-23)30-14-5-6-15-30)28-17-21-11-7-13-27-24(21)32-19-20-9-3-2-4-10-20;/h2-4,7-13,16,22H,5-6,14-15,17-19H2,1H3,(H2,26,28,29);1H. The van der Waals surface area contributed by atoms with Gasteiger partial charge in [0, 0.05) is 31.9 Å². The summed E-state index contributed by atoms with van der Waals surface area (Å²) in [5, 5.41) is 6.84. The molecule has 0 spiro atoms. The lowest BCUT2D eigenvalue weighted by molar-refractivity contribution is 0.215. The topological polar surface area (TPSA) is 74.9 Å². The van der Waals surface area contributed by atoms with Gasteiger partial charge in [-0.2, -0.15) is 0 Å². The van der Waals surface area contributed by atoms with E-state index in [2.05, 4.69) is 25.5 Å². The molecule has 176 valence electrons. The van der Waals surface area contributed by atoms with E-state index in [9.17, 15) is 0 Å². The third kappa shape index (κ3) is 7.20. The molecule has 0 bridgehead atoms. The quantitative estimate of drug-likeness (QED) is 0.230. The van der Waals surface area contributed by atoms with Crippen molar-refractivity contribution in [1.29, 1.82) is 0 Å². The fourth-order valence-corrected chi connectivity index (χ4v) is 3.95. The fourth-order valence-electron chi connectivity index (χ4n) is 3.95. The van der Waals surface area contributed by atoms with Crippen LogP contribution >= 0.6 is 24.0 Å². The van der Waals surface area contributed by atoms with Crippen LogP contribution in [0.4, 0.5) is 0 Å². The first kappa shape index (κ1) is 25.0. The summed E-state index contributed by atoms with van der Waals surface area (Å²) in [6, 6.07) is 18.2. The molecule has 1 aliphatic heterocycles. The van der Waals surface area contributed by atoms with E-state index in [0.717, 1.165) is 42.5 Å². The van der Waals surface area contributed by atoms with Gasteiger partial charge in [-0.3, -0.25) is 9.89 Å². The van der Waals surface area contributed by atoms with Crippen molar-refractivity contribution < 1.29 is 9.15 Å². The van der Waals surface area contributed by atoms with Gasteiger partial charge in [0.2, 0.25) is 5.88 Å². The first-order valence-corrected chi connectivity index (χ1v) is 11.2. The second-order valence-corrected chi connectivity index (χ2v) is 7.82. The molecule has 3 aromatic rings. The number of aliphatic imine (C=N–C) groups is 1. The predicted octanol–water partition coefficient (Wildman–Crippen LogP) is 4.37. The van der Waals surface area contributed by atoms with E-state index in [1.54, 1.807) is 19.5 Å². The van der Waals surface area contributed by atoms with E-state index in [4.69, 9.17) is 9.15 Å². The summed E-state index contributed by atoms with van der Waals surface area (Å²) < 4.78 is 11.7. The monoisotopic (exact) mass is 561 g/mol. The minimum atomic E-state index is 0. The van der Waals surface area contributed by atoms with Crippen molar-refractivity contribution in [1.82, 2.24) is 20.5 Å². The summed E-state index contributed by atoms with van der Waals surface area (Å²) in [5.41, 5.74) is 2.09. The SMILES string of the molecule is CN=C(NCc1cccnc1OCc1ccccc1)NCC(c1ccco1)N1CCCC1.I. The van der Waals surface area contributed by atoms with Gasteiger partial charge in [-0.15, -0.1) is 24.0 Å².